The number of methoxy groups -OCH3 is 1. The van der Waals surface area contributed by atoms with E-state index in [1.807, 2.05) is 43.3 Å². The highest BCUT2D eigenvalue weighted by Crippen LogP contribution is 2.17. The number of nitrogens with one attached hydrogen (secondary N) is 1. The standard InChI is InChI=1S/C17H20N2O2/c1-13(15-4-3-9-18-12-15)10-17(20)19-11-14-5-7-16(21-2)8-6-14/h3-9,12-13H,10-11H2,1-2H3,(H,19,20). The first-order valence-corrected chi connectivity index (χ1v) is 6.98. The number of carbonyl (C=O) groups excluding carboxylic acids is 1. The van der Waals surface area contributed by atoms with E-state index in [0.29, 0.717) is 13.0 Å². The third-order valence-electron chi connectivity index (χ3n) is 3.39. The lowest BCUT2D eigenvalue weighted by Gasteiger charge is -2.11. The normalized spacial score (nSPS) is 11.7. The van der Waals surface area contributed by atoms with Crippen LogP contribution in [0.4, 0.5) is 0 Å². The molecular formula is C17H20N2O2. The summed E-state index contributed by atoms with van der Waals surface area (Å²) < 4.78 is 5.10. The largest absolute Gasteiger partial charge is 0.497 e. The van der Waals surface area contributed by atoms with E-state index in [9.17, 15) is 4.79 Å². The van der Waals surface area contributed by atoms with Crippen LogP contribution in [0.2, 0.25) is 0 Å². The zero-order chi connectivity index (χ0) is 15.1. The predicted octanol–water partition coefficient (Wildman–Crippen LogP) is 2.90. The van der Waals surface area contributed by atoms with Crippen molar-refractivity contribution in [2.75, 3.05) is 7.11 Å². The Balaban J connectivity index is 1.81. The molecule has 2 rings (SSSR count). The highest BCUT2D eigenvalue weighted by molar-refractivity contribution is 5.76. The molecule has 0 saturated heterocycles. The van der Waals surface area contributed by atoms with Gasteiger partial charge in [-0.1, -0.05) is 25.1 Å². The van der Waals surface area contributed by atoms with E-state index in [0.717, 1.165) is 16.9 Å². The number of amides is 1. The van der Waals surface area contributed by atoms with Gasteiger partial charge in [-0.2, -0.15) is 0 Å². The highest BCUT2D eigenvalue weighted by Gasteiger charge is 2.11. The van der Waals surface area contributed by atoms with Crippen LogP contribution in [-0.4, -0.2) is 18.0 Å². The zero-order valence-electron chi connectivity index (χ0n) is 12.4. The number of ether oxygens (including phenoxy) is 1. The van der Waals surface area contributed by atoms with Gasteiger partial charge < -0.3 is 10.1 Å². The first kappa shape index (κ1) is 15.0. The molecule has 4 heteroatoms. The first-order valence-electron chi connectivity index (χ1n) is 6.98. The fourth-order valence-corrected chi connectivity index (χ4v) is 2.08. The molecule has 0 radical (unpaired) electrons. The Kier molecular flexibility index (Phi) is 5.32. The third kappa shape index (κ3) is 4.60. The Bertz CT molecular complexity index is 567. The Morgan fingerprint density at radius 1 is 1.29 bits per heavy atom. The summed E-state index contributed by atoms with van der Waals surface area (Å²) in [6, 6.07) is 11.6. The minimum Gasteiger partial charge on any atom is -0.497 e. The lowest BCUT2D eigenvalue weighted by Crippen LogP contribution is -2.24. The lowest BCUT2D eigenvalue weighted by atomic mass is 9.99. The van der Waals surface area contributed by atoms with E-state index in [-0.39, 0.29) is 11.8 Å². The van der Waals surface area contributed by atoms with Gasteiger partial charge in [-0.3, -0.25) is 9.78 Å². The Morgan fingerprint density at radius 2 is 2.05 bits per heavy atom. The summed E-state index contributed by atoms with van der Waals surface area (Å²) in [6.07, 6.45) is 4.00. The topological polar surface area (TPSA) is 51.2 Å². The molecule has 1 amide bonds. The van der Waals surface area contributed by atoms with Gasteiger partial charge in [-0.15, -0.1) is 0 Å². The second-order valence-electron chi connectivity index (χ2n) is 5.02. The molecule has 0 aliphatic carbocycles. The lowest BCUT2D eigenvalue weighted by molar-refractivity contribution is -0.121. The van der Waals surface area contributed by atoms with Crippen molar-refractivity contribution in [3.63, 3.8) is 0 Å². The monoisotopic (exact) mass is 284 g/mol. The maximum absolute atomic E-state index is 12.0. The van der Waals surface area contributed by atoms with Gasteiger partial charge in [0.05, 0.1) is 7.11 Å². The Labute approximate surface area is 125 Å². The molecule has 1 atom stereocenters. The summed E-state index contributed by atoms with van der Waals surface area (Å²) in [5.74, 6) is 1.02. The summed E-state index contributed by atoms with van der Waals surface area (Å²) in [6.45, 7) is 2.56. The number of pyridine rings is 1. The quantitative estimate of drug-likeness (QED) is 0.887. The van der Waals surface area contributed by atoms with Crippen LogP contribution in [0.5, 0.6) is 5.75 Å². The van der Waals surface area contributed by atoms with Crippen molar-refractivity contribution in [2.24, 2.45) is 0 Å². The number of rotatable bonds is 6. The molecule has 1 N–H and O–H groups in total. The Morgan fingerprint density at radius 3 is 2.67 bits per heavy atom. The average Bonchev–Trinajstić information content (AvgIpc) is 2.54. The molecular weight excluding hydrogens is 264 g/mol. The van der Waals surface area contributed by atoms with E-state index in [4.69, 9.17) is 4.74 Å². The molecule has 0 bridgehead atoms. The molecule has 1 heterocycles. The van der Waals surface area contributed by atoms with Gasteiger partial charge in [0.25, 0.3) is 0 Å². The molecule has 0 aliphatic rings. The van der Waals surface area contributed by atoms with Gasteiger partial charge >= 0.3 is 0 Å². The van der Waals surface area contributed by atoms with E-state index < -0.39 is 0 Å². The first-order chi connectivity index (χ1) is 10.2. The van der Waals surface area contributed by atoms with Gasteiger partial charge in [0.15, 0.2) is 0 Å². The maximum atomic E-state index is 12.0. The van der Waals surface area contributed by atoms with Crippen LogP contribution in [0.25, 0.3) is 0 Å². The fourth-order valence-electron chi connectivity index (χ4n) is 2.08. The summed E-state index contributed by atoms with van der Waals surface area (Å²) >= 11 is 0. The smallest absolute Gasteiger partial charge is 0.220 e. The summed E-state index contributed by atoms with van der Waals surface area (Å²) in [5.41, 5.74) is 2.13. The molecule has 21 heavy (non-hydrogen) atoms. The highest BCUT2D eigenvalue weighted by atomic mass is 16.5. The second-order valence-corrected chi connectivity index (χ2v) is 5.02. The van der Waals surface area contributed by atoms with Gasteiger partial charge in [0, 0.05) is 25.4 Å². The van der Waals surface area contributed by atoms with Crippen LogP contribution in [0.3, 0.4) is 0 Å². The van der Waals surface area contributed by atoms with Crippen molar-refractivity contribution in [3.8, 4) is 5.75 Å². The number of hydrogen-bond acceptors (Lipinski definition) is 3. The minimum atomic E-state index is 0.0437. The number of aromatic nitrogens is 1. The van der Waals surface area contributed by atoms with Crippen molar-refractivity contribution in [3.05, 3.63) is 59.9 Å². The number of nitrogens with zero attached hydrogens (tertiary/aromatic N) is 1. The van der Waals surface area contributed by atoms with Crippen LogP contribution in [0.1, 0.15) is 30.4 Å². The summed E-state index contributed by atoms with van der Waals surface area (Å²) in [4.78, 5) is 16.0. The molecule has 0 spiro atoms. The number of benzene rings is 1. The molecule has 0 aliphatic heterocycles. The number of hydrogen-bond donors (Lipinski definition) is 1. The van der Waals surface area contributed by atoms with Crippen LogP contribution in [-0.2, 0) is 11.3 Å². The number of carbonyl (C=O) groups is 1. The van der Waals surface area contributed by atoms with Crippen molar-refractivity contribution in [1.82, 2.24) is 10.3 Å². The molecule has 110 valence electrons. The van der Waals surface area contributed by atoms with E-state index in [1.54, 1.807) is 19.5 Å². The summed E-state index contributed by atoms with van der Waals surface area (Å²) in [7, 11) is 1.64. The molecule has 1 aromatic heterocycles. The molecule has 0 saturated carbocycles. The predicted molar refractivity (Wildman–Crippen MR) is 82.1 cm³/mol. The second kappa shape index (κ2) is 7.43. The molecule has 1 aromatic carbocycles. The zero-order valence-corrected chi connectivity index (χ0v) is 12.4. The van der Waals surface area contributed by atoms with Crippen LogP contribution in [0, 0.1) is 0 Å². The van der Waals surface area contributed by atoms with Gasteiger partial charge in [0.2, 0.25) is 5.91 Å². The van der Waals surface area contributed by atoms with E-state index in [1.165, 1.54) is 0 Å². The van der Waals surface area contributed by atoms with Gasteiger partial charge in [-0.25, -0.2) is 0 Å². The van der Waals surface area contributed by atoms with E-state index >= 15 is 0 Å². The van der Waals surface area contributed by atoms with Crippen molar-refractivity contribution in [1.29, 1.82) is 0 Å². The van der Waals surface area contributed by atoms with Crippen molar-refractivity contribution in [2.45, 2.75) is 25.8 Å². The molecule has 0 fully saturated rings. The van der Waals surface area contributed by atoms with Crippen molar-refractivity contribution >= 4 is 5.91 Å². The van der Waals surface area contributed by atoms with E-state index in [2.05, 4.69) is 10.3 Å². The maximum Gasteiger partial charge on any atom is 0.220 e. The average molecular weight is 284 g/mol. The minimum absolute atomic E-state index is 0.0437. The van der Waals surface area contributed by atoms with Crippen LogP contribution < -0.4 is 10.1 Å². The summed E-state index contributed by atoms with van der Waals surface area (Å²) in [5, 5.41) is 2.94. The fraction of sp³-hybridized carbons (Fsp3) is 0.294. The van der Waals surface area contributed by atoms with Gasteiger partial charge in [-0.05, 0) is 35.2 Å². The van der Waals surface area contributed by atoms with Crippen molar-refractivity contribution < 1.29 is 9.53 Å². The molecule has 2 aromatic rings. The third-order valence-corrected chi connectivity index (χ3v) is 3.39. The van der Waals surface area contributed by atoms with Crippen LogP contribution in [0.15, 0.2) is 48.8 Å². The Hall–Kier alpha value is -2.36. The van der Waals surface area contributed by atoms with Crippen LogP contribution >= 0.6 is 0 Å². The molecule has 1 unspecified atom stereocenters. The SMILES string of the molecule is COc1ccc(CNC(=O)CC(C)c2cccnc2)cc1. The molecule has 4 nitrogen and oxygen atoms in total. The van der Waals surface area contributed by atoms with Gasteiger partial charge in [0.1, 0.15) is 5.75 Å².